The molecule has 1 atom stereocenters. The van der Waals surface area contributed by atoms with E-state index in [1.54, 1.807) is 24.5 Å². The molecule has 7 nitrogen and oxygen atoms in total. The molecular weight excluding hydrogens is 280 g/mol. The highest BCUT2D eigenvalue weighted by molar-refractivity contribution is 5.95. The summed E-state index contributed by atoms with van der Waals surface area (Å²) in [6, 6.07) is 9.33. The Hall–Kier alpha value is -2.83. The molecule has 4 heterocycles. The summed E-state index contributed by atoms with van der Waals surface area (Å²) in [5.41, 5.74) is 2.11. The maximum atomic E-state index is 12.8. The zero-order valence-corrected chi connectivity index (χ0v) is 11.8. The van der Waals surface area contributed by atoms with Crippen molar-refractivity contribution in [1.29, 1.82) is 0 Å². The van der Waals surface area contributed by atoms with Crippen LogP contribution >= 0.6 is 0 Å². The van der Waals surface area contributed by atoms with Gasteiger partial charge < -0.3 is 4.90 Å². The molecule has 1 saturated heterocycles. The average Bonchev–Trinajstić information content (AvgIpc) is 3.23. The first-order chi connectivity index (χ1) is 10.8. The molecule has 3 aromatic heterocycles. The predicted molar refractivity (Wildman–Crippen MR) is 78.0 cm³/mol. The van der Waals surface area contributed by atoms with Crippen molar-refractivity contribution < 1.29 is 4.79 Å². The number of amides is 1. The number of pyridine rings is 2. The van der Waals surface area contributed by atoms with Crippen molar-refractivity contribution in [3.05, 3.63) is 54.0 Å². The van der Waals surface area contributed by atoms with Gasteiger partial charge in [-0.05, 0) is 47.5 Å². The summed E-state index contributed by atoms with van der Waals surface area (Å²) in [4.78, 5) is 19.1. The molecule has 0 aromatic carbocycles. The topological polar surface area (TPSA) is 76.3 Å². The third-order valence-corrected chi connectivity index (χ3v) is 3.99. The lowest BCUT2D eigenvalue weighted by Crippen LogP contribution is -2.31. The average molecular weight is 294 g/mol. The standard InChI is InChI=1S/C15H14N6O/c22-15(11-6-9-21-14(10-11)17-18-19-21)20-8-3-5-13(20)12-4-1-2-7-16-12/h1-2,4,6-7,9-10,13H,3,5,8H2. The highest BCUT2D eigenvalue weighted by atomic mass is 16.2. The van der Waals surface area contributed by atoms with Crippen LogP contribution in [0, 0.1) is 0 Å². The number of fused-ring (bicyclic) bond motifs is 1. The van der Waals surface area contributed by atoms with E-state index < -0.39 is 0 Å². The number of likely N-dealkylation sites (tertiary alicyclic amines) is 1. The Bertz CT molecular complexity index is 815. The normalized spacial score (nSPS) is 18.0. The number of carbonyl (C=O) groups excluding carboxylic acids is 1. The predicted octanol–water partition coefficient (Wildman–Crippen LogP) is 1.50. The van der Waals surface area contributed by atoms with Gasteiger partial charge in [-0.2, -0.15) is 0 Å². The number of carbonyl (C=O) groups is 1. The lowest BCUT2D eigenvalue weighted by atomic mass is 10.1. The molecule has 0 radical (unpaired) electrons. The number of aromatic nitrogens is 5. The van der Waals surface area contributed by atoms with Crippen LogP contribution in [-0.2, 0) is 0 Å². The molecule has 1 fully saturated rings. The van der Waals surface area contributed by atoms with Crippen molar-refractivity contribution in [2.45, 2.75) is 18.9 Å². The van der Waals surface area contributed by atoms with E-state index in [4.69, 9.17) is 0 Å². The minimum atomic E-state index is -0.00125. The van der Waals surface area contributed by atoms with Crippen LogP contribution in [0.3, 0.4) is 0 Å². The Balaban J connectivity index is 1.66. The number of hydrogen-bond donors (Lipinski definition) is 0. The Morgan fingerprint density at radius 3 is 3.09 bits per heavy atom. The van der Waals surface area contributed by atoms with Crippen LogP contribution < -0.4 is 0 Å². The summed E-state index contributed by atoms with van der Waals surface area (Å²) in [6.07, 6.45) is 5.40. The molecule has 1 aliphatic heterocycles. The SMILES string of the molecule is O=C(c1ccn2nnnc2c1)N1CCCC1c1ccccn1. The molecule has 0 bridgehead atoms. The fourth-order valence-corrected chi connectivity index (χ4v) is 2.93. The molecule has 4 rings (SSSR count). The number of hydrogen-bond acceptors (Lipinski definition) is 5. The highest BCUT2D eigenvalue weighted by Gasteiger charge is 2.31. The van der Waals surface area contributed by atoms with Gasteiger partial charge in [0.15, 0.2) is 5.65 Å². The minimum Gasteiger partial charge on any atom is -0.330 e. The smallest absolute Gasteiger partial charge is 0.254 e. The quantitative estimate of drug-likeness (QED) is 0.716. The minimum absolute atomic E-state index is 0.00125. The largest absolute Gasteiger partial charge is 0.330 e. The monoisotopic (exact) mass is 294 g/mol. The van der Waals surface area contributed by atoms with Crippen LogP contribution in [-0.4, -0.2) is 42.4 Å². The fourth-order valence-electron chi connectivity index (χ4n) is 2.93. The van der Waals surface area contributed by atoms with Crippen LogP contribution in [0.1, 0.15) is 34.9 Å². The number of tetrazole rings is 1. The van der Waals surface area contributed by atoms with Crippen molar-refractivity contribution in [2.75, 3.05) is 6.54 Å². The van der Waals surface area contributed by atoms with E-state index >= 15 is 0 Å². The molecule has 7 heteroatoms. The first-order valence-corrected chi connectivity index (χ1v) is 7.22. The zero-order valence-electron chi connectivity index (χ0n) is 11.8. The van der Waals surface area contributed by atoms with E-state index in [9.17, 15) is 4.79 Å². The third kappa shape index (κ3) is 2.11. The van der Waals surface area contributed by atoms with Gasteiger partial charge in [0.25, 0.3) is 5.91 Å². The van der Waals surface area contributed by atoms with Crippen molar-refractivity contribution in [2.24, 2.45) is 0 Å². The molecule has 22 heavy (non-hydrogen) atoms. The van der Waals surface area contributed by atoms with Crippen LogP contribution in [0.2, 0.25) is 0 Å². The van der Waals surface area contributed by atoms with Crippen LogP contribution in [0.5, 0.6) is 0 Å². The summed E-state index contributed by atoms with van der Waals surface area (Å²) < 4.78 is 1.54. The molecule has 0 saturated carbocycles. The number of nitrogens with zero attached hydrogens (tertiary/aromatic N) is 6. The van der Waals surface area contributed by atoms with Gasteiger partial charge in [0, 0.05) is 24.5 Å². The summed E-state index contributed by atoms with van der Waals surface area (Å²) in [5.74, 6) is -0.00125. The molecule has 0 aliphatic carbocycles. The lowest BCUT2D eigenvalue weighted by molar-refractivity contribution is 0.0733. The van der Waals surface area contributed by atoms with Gasteiger partial charge in [-0.15, -0.1) is 5.10 Å². The van der Waals surface area contributed by atoms with E-state index in [-0.39, 0.29) is 11.9 Å². The maximum Gasteiger partial charge on any atom is 0.254 e. The summed E-state index contributed by atoms with van der Waals surface area (Å²) in [6.45, 7) is 0.746. The second kappa shape index (κ2) is 5.18. The van der Waals surface area contributed by atoms with Crippen molar-refractivity contribution in [3.63, 3.8) is 0 Å². The summed E-state index contributed by atoms with van der Waals surface area (Å²) in [5, 5.41) is 11.3. The van der Waals surface area contributed by atoms with Gasteiger partial charge in [-0.3, -0.25) is 9.78 Å². The van der Waals surface area contributed by atoms with E-state index in [0.717, 1.165) is 25.1 Å². The highest BCUT2D eigenvalue weighted by Crippen LogP contribution is 2.31. The van der Waals surface area contributed by atoms with Crippen LogP contribution in [0.4, 0.5) is 0 Å². The number of rotatable bonds is 2. The maximum absolute atomic E-state index is 12.8. The van der Waals surface area contributed by atoms with Gasteiger partial charge in [-0.25, -0.2) is 4.52 Å². The molecule has 110 valence electrons. The lowest BCUT2D eigenvalue weighted by Gasteiger charge is -2.24. The van der Waals surface area contributed by atoms with E-state index in [1.807, 2.05) is 23.1 Å². The van der Waals surface area contributed by atoms with E-state index in [2.05, 4.69) is 20.5 Å². The second-order valence-electron chi connectivity index (χ2n) is 5.31. The second-order valence-corrected chi connectivity index (χ2v) is 5.31. The molecule has 0 spiro atoms. The Morgan fingerprint density at radius 2 is 2.23 bits per heavy atom. The molecule has 1 aliphatic rings. The van der Waals surface area contributed by atoms with E-state index in [0.29, 0.717) is 11.2 Å². The van der Waals surface area contributed by atoms with Gasteiger partial charge >= 0.3 is 0 Å². The van der Waals surface area contributed by atoms with Crippen molar-refractivity contribution in [1.82, 2.24) is 29.9 Å². The third-order valence-electron chi connectivity index (χ3n) is 3.99. The summed E-state index contributed by atoms with van der Waals surface area (Å²) in [7, 11) is 0. The van der Waals surface area contributed by atoms with Gasteiger partial charge in [0.1, 0.15) is 0 Å². The van der Waals surface area contributed by atoms with Gasteiger partial charge in [0.05, 0.1) is 11.7 Å². The molecule has 1 unspecified atom stereocenters. The molecule has 3 aromatic rings. The Morgan fingerprint density at radius 1 is 1.27 bits per heavy atom. The van der Waals surface area contributed by atoms with Crippen LogP contribution in [0.25, 0.3) is 5.65 Å². The first kappa shape index (κ1) is 12.9. The van der Waals surface area contributed by atoms with Gasteiger partial charge in [-0.1, -0.05) is 6.07 Å². The molecular formula is C15H14N6O. The fraction of sp³-hybridized carbons (Fsp3) is 0.267. The Labute approximate surface area is 126 Å². The zero-order chi connectivity index (χ0) is 14.9. The van der Waals surface area contributed by atoms with Crippen molar-refractivity contribution in [3.8, 4) is 0 Å². The van der Waals surface area contributed by atoms with Crippen molar-refractivity contribution >= 4 is 11.6 Å². The molecule has 0 N–H and O–H groups in total. The Kier molecular flexibility index (Phi) is 3.03. The van der Waals surface area contributed by atoms with E-state index in [1.165, 1.54) is 4.52 Å². The summed E-state index contributed by atoms with van der Waals surface area (Å²) >= 11 is 0. The molecule has 1 amide bonds. The van der Waals surface area contributed by atoms with Gasteiger partial charge in [0.2, 0.25) is 0 Å². The van der Waals surface area contributed by atoms with Crippen LogP contribution in [0.15, 0.2) is 42.7 Å². The first-order valence-electron chi connectivity index (χ1n) is 7.22.